The summed E-state index contributed by atoms with van der Waals surface area (Å²) in [5, 5.41) is 12.3. The Morgan fingerprint density at radius 2 is 2.15 bits per heavy atom. The number of hydrogen-bond donors (Lipinski definition) is 2. The number of sulfone groups is 1. The van der Waals surface area contributed by atoms with Crippen LogP contribution in [0.1, 0.15) is 33.6 Å². The summed E-state index contributed by atoms with van der Waals surface area (Å²) < 4.78 is 23.0. The monoisotopic (exact) mass is 306 g/mol. The van der Waals surface area contributed by atoms with E-state index in [4.69, 9.17) is 0 Å². The molecule has 1 aliphatic rings. The molecule has 1 saturated heterocycles. The average Bonchev–Trinajstić information content (AvgIpc) is 2.31. The van der Waals surface area contributed by atoms with Crippen LogP contribution in [-0.4, -0.2) is 67.1 Å². The zero-order valence-corrected chi connectivity index (χ0v) is 13.4. The van der Waals surface area contributed by atoms with Crippen LogP contribution in [0, 0.1) is 0 Å². The Bertz CT molecular complexity index is 438. The van der Waals surface area contributed by atoms with E-state index in [2.05, 4.69) is 10.2 Å². The first-order chi connectivity index (χ1) is 9.20. The molecule has 2 unspecified atom stereocenters. The highest BCUT2D eigenvalue weighted by Gasteiger charge is 2.32. The van der Waals surface area contributed by atoms with E-state index < -0.39 is 21.3 Å². The highest BCUT2D eigenvalue weighted by atomic mass is 32.2. The van der Waals surface area contributed by atoms with Crippen molar-refractivity contribution < 1.29 is 18.3 Å². The molecule has 7 heteroatoms. The van der Waals surface area contributed by atoms with Crippen molar-refractivity contribution in [1.82, 2.24) is 10.2 Å². The number of nitrogens with one attached hydrogen (secondary N) is 1. The van der Waals surface area contributed by atoms with Gasteiger partial charge in [-0.05, 0) is 39.8 Å². The molecule has 2 atom stereocenters. The van der Waals surface area contributed by atoms with E-state index >= 15 is 0 Å². The van der Waals surface area contributed by atoms with Crippen molar-refractivity contribution in [3.63, 3.8) is 0 Å². The molecule has 0 aromatic rings. The van der Waals surface area contributed by atoms with Gasteiger partial charge in [-0.2, -0.15) is 0 Å². The summed E-state index contributed by atoms with van der Waals surface area (Å²) in [7, 11) is -2.89. The zero-order valence-electron chi connectivity index (χ0n) is 12.6. The fourth-order valence-electron chi connectivity index (χ4n) is 2.66. The summed E-state index contributed by atoms with van der Waals surface area (Å²) in [6.07, 6.45) is 1.27. The Balaban J connectivity index is 2.46. The molecule has 0 amide bonds. The summed E-state index contributed by atoms with van der Waals surface area (Å²) in [5.74, 6) is -0.425. The van der Waals surface area contributed by atoms with Gasteiger partial charge in [-0.15, -0.1) is 0 Å². The molecule has 1 aliphatic heterocycles. The minimum absolute atomic E-state index is 0.0176. The van der Waals surface area contributed by atoms with Crippen molar-refractivity contribution in [3.8, 4) is 0 Å². The lowest BCUT2D eigenvalue weighted by atomic mass is 9.95. The van der Waals surface area contributed by atoms with Crippen molar-refractivity contribution in [3.05, 3.63) is 0 Å². The molecule has 0 aliphatic carbocycles. The number of nitrogens with zero attached hydrogens (tertiary/aromatic N) is 1. The van der Waals surface area contributed by atoms with Gasteiger partial charge in [-0.3, -0.25) is 9.69 Å². The molecule has 20 heavy (non-hydrogen) atoms. The predicted octanol–water partition coefficient (Wildman–Crippen LogP) is 0.338. The van der Waals surface area contributed by atoms with Crippen LogP contribution in [0.5, 0.6) is 0 Å². The van der Waals surface area contributed by atoms with Crippen LogP contribution in [0.4, 0.5) is 0 Å². The molecule has 1 rings (SSSR count). The predicted molar refractivity (Wildman–Crippen MR) is 78.6 cm³/mol. The Hall–Kier alpha value is -0.660. The van der Waals surface area contributed by atoms with E-state index in [1.54, 1.807) is 6.92 Å². The van der Waals surface area contributed by atoms with E-state index in [0.29, 0.717) is 19.5 Å². The SMILES string of the molecule is CCNC(C)(CCCN1CCS(=O)(=O)CC1C)C(=O)O. The second-order valence-electron chi connectivity index (χ2n) is 5.77. The molecule has 0 spiro atoms. The molecule has 0 aromatic heterocycles. The van der Waals surface area contributed by atoms with Crippen LogP contribution in [0.3, 0.4) is 0 Å². The van der Waals surface area contributed by atoms with E-state index in [1.165, 1.54) is 0 Å². The molecule has 1 fully saturated rings. The van der Waals surface area contributed by atoms with Gasteiger partial charge >= 0.3 is 5.97 Å². The Kier molecular flexibility index (Phi) is 5.97. The maximum Gasteiger partial charge on any atom is 0.323 e. The molecular weight excluding hydrogens is 280 g/mol. The van der Waals surface area contributed by atoms with Gasteiger partial charge in [-0.1, -0.05) is 6.92 Å². The van der Waals surface area contributed by atoms with Crippen molar-refractivity contribution >= 4 is 15.8 Å². The van der Waals surface area contributed by atoms with Gasteiger partial charge in [0.2, 0.25) is 0 Å². The van der Waals surface area contributed by atoms with Crippen LogP contribution < -0.4 is 5.32 Å². The van der Waals surface area contributed by atoms with Crippen molar-refractivity contribution in [2.24, 2.45) is 0 Å². The van der Waals surface area contributed by atoms with E-state index in [1.807, 2.05) is 13.8 Å². The maximum atomic E-state index is 11.5. The number of aliphatic carboxylic acids is 1. The van der Waals surface area contributed by atoms with E-state index in [0.717, 1.165) is 13.0 Å². The number of hydrogen-bond acceptors (Lipinski definition) is 5. The minimum atomic E-state index is -2.89. The van der Waals surface area contributed by atoms with Gasteiger partial charge in [0.05, 0.1) is 11.5 Å². The third-order valence-electron chi connectivity index (χ3n) is 3.97. The van der Waals surface area contributed by atoms with Crippen molar-refractivity contribution in [1.29, 1.82) is 0 Å². The molecule has 1 heterocycles. The van der Waals surface area contributed by atoms with Crippen LogP contribution in [-0.2, 0) is 14.6 Å². The molecule has 0 radical (unpaired) electrons. The minimum Gasteiger partial charge on any atom is -0.480 e. The number of carbonyl (C=O) groups is 1. The molecule has 118 valence electrons. The van der Waals surface area contributed by atoms with Gasteiger partial charge in [0.25, 0.3) is 0 Å². The molecule has 2 N–H and O–H groups in total. The highest BCUT2D eigenvalue weighted by molar-refractivity contribution is 7.91. The number of carboxylic acid groups (broad SMARTS) is 1. The molecule has 6 nitrogen and oxygen atoms in total. The standard InChI is InChI=1S/C13H26N2O4S/c1-4-14-13(3,12(16)17)6-5-7-15-8-9-20(18,19)10-11(15)2/h11,14H,4-10H2,1-3H3,(H,16,17). The Morgan fingerprint density at radius 1 is 1.50 bits per heavy atom. The molecule has 0 saturated carbocycles. The molecule has 0 aromatic carbocycles. The van der Waals surface area contributed by atoms with Gasteiger partial charge < -0.3 is 10.4 Å². The second-order valence-corrected chi connectivity index (χ2v) is 8.00. The summed E-state index contributed by atoms with van der Waals surface area (Å²) in [4.78, 5) is 13.4. The first kappa shape index (κ1) is 17.4. The topological polar surface area (TPSA) is 86.7 Å². The highest BCUT2D eigenvalue weighted by Crippen LogP contribution is 2.16. The smallest absolute Gasteiger partial charge is 0.323 e. The third kappa shape index (κ3) is 4.71. The van der Waals surface area contributed by atoms with Crippen molar-refractivity contribution in [2.45, 2.75) is 45.2 Å². The van der Waals surface area contributed by atoms with Crippen LogP contribution in [0.2, 0.25) is 0 Å². The zero-order chi connectivity index (χ0) is 15.4. The fraction of sp³-hybridized carbons (Fsp3) is 0.923. The quantitative estimate of drug-likeness (QED) is 0.705. The lowest BCUT2D eigenvalue weighted by Gasteiger charge is -2.34. The molecular formula is C13H26N2O4S. The molecule has 0 bridgehead atoms. The second kappa shape index (κ2) is 6.87. The Morgan fingerprint density at radius 3 is 2.65 bits per heavy atom. The van der Waals surface area contributed by atoms with Crippen LogP contribution in [0.15, 0.2) is 0 Å². The summed E-state index contributed by atoms with van der Waals surface area (Å²) in [6.45, 7) is 7.40. The van der Waals surface area contributed by atoms with Crippen molar-refractivity contribution in [2.75, 3.05) is 31.1 Å². The summed E-state index contributed by atoms with van der Waals surface area (Å²) >= 11 is 0. The lowest BCUT2D eigenvalue weighted by molar-refractivity contribution is -0.144. The van der Waals surface area contributed by atoms with Gasteiger partial charge in [0, 0.05) is 12.6 Å². The van der Waals surface area contributed by atoms with E-state index in [-0.39, 0.29) is 17.5 Å². The normalized spacial score (nSPS) is 26.1. The van der Waals surface area contributed by atoms with Crippen LogP contribution in [0.25, 0.3) is 0 Å². The van der Waals surface area contributed by atoms with E-state index in [9.17, 15) is 18.3 Å². The van der Waals surface area contributed by atoms with Gasteiger partial charge in [0.15, 0.2) is 9.84 Å². The fourth-order valence-corrected chi connectivity index (χ4v) is 4.29. The third-order valence-corrected chi connectivity index (χ3v) is 5.76. The van der Waals surface area contributed by atoms with Gasteiger partial charge in [0.1, 0.15) is 5.54 Å². The first-order valence-corrected chi connectivity index (χ1v) is 8.95. The van der Waals surface area contributed by atoms with Gasteiger partial charge in [-0.25, -0.2) is 8.42 Å². The van der Waals surface area contributed by atoms with Crippen LogP contribution >= 0.6 is 0 Å². The average molecular weight is 306 g/mol. The summed E-state index contributed by atoms with van der Waals surface area (Å²) in [5.41, 5.74) is -0.903. The lowest BCUT2D eigenvalue weighted by Crippen LogP contribution is -2.51. The largest absolute Gasteiger partial charge is 0.480 e. The number of rotatable bonds is 7. The Labute approximate surface area is 121 Å². The number of likely N-dealkylation sites (N-methyl/N-ethyl adjacent to an activating group) is 1. The first-order valence-electron chi connectivity index (χ1n) is 7.13. The maximum absolute atomic E-state index is 11.5. The summed E-state index contributed by atoms with van der Waals surface area (Å²) in [6, 6.07) is 0.0176. The number of carboxylic acids is 1.